The van der Waals surface area contributed by atoms with Crippen molar-refractivity contribution >= 4 is 34.8 Å². The predicted molar refractivity (Wildman–Crippen MR) is 109 cm³/mol. The number of nitrogens with one attached hydrogen (secondary N) is 1. The summed E-state index contributed by atoms with van der Waals surface area (Å²) in [4.78, 5) is 29.7. The highest BCUT2D eigenvalue weighted by Gasteiger charge is 2.33. The molecule has 1 atom stereocenters. The Balaban J connectivity index is 2.06. The van der Waals surface area contributed by atoms with E-state index in [4.69, 9.17) is 11.6 Å². The van der Waals surface area contributed by atoms with Gasteiger partial charge < -0.3 is 10.2 Å². The van der Waals surface area contributed by atoms with Crippen LogP contribution < -0.4 is 10.2 Å². The second-order valence-electron chi connectivity index (χ2n) is 6.56. The number of benzene rings is 2. The van der Waals surface area contributed by atoms with E-state index in [9.17, 15) is 9.59 Å². The van der Waals surface area contributed by atoms with Crippen molar-refractivity contribution in [3.63, 3.8) is 0 Å². The number of nitrogens with zero attached hydrogens (tertiary/aromatic N) is 2. The quantitative estimate of drug-likeness (QED) is 0.843. The average Bonchev–Trinajstić information content (AvgIpc) is 2.82. The van der Waals surface area contributed by atoms with Crippen molar-refractivity contribution < 1.29 is 9.59 Å². The van der Waals surface area contributed by atoms with Crippen molar-refractivity contribution in [3.8, 4) is 0 Å². The SMILES string of the molecule is CCN(CC)CC(=O)N1c2ccccc2NC(=O)CC1c1ccc(Cl)cc1. The van der Waals surface area contributed by atoms with Crippen LogP contribution in [-0.4, -0.2) is 36.3 Å². The van der Waals surface area contributed by atoms with Gasteiger partial charge in [-0.05, 0) is 42.9 Å². The number of hydrogen-bond acceptors (Lipinski definition) is 3. The molecule has 3 rings (SSSR count). The Morgan fingerprint density at radius 2 is 1.81 bits per heavy atom. The van der Waals surface area contributed by atoms with Crippen LogP contribution in [0.4, 0.5) is 11.4 Å². The summed E-state index contributed by atoms with van der Waals surface area (Å²) in [7, 11) is 0. The fourth-order valence-corrected chi connectivity index (χ4v) is 3.53. The highest BCUT2D eigenvalue weighted by Crippen LogP contribution is 2.38. The zero-order valence-electron chi connectivity index (χ0n) is 15.6. The van der Waals surface area contributed by atoms with E-state index < -0.39 is 0 Å². The molecule has 0 bridgehead atoms. The summed E-state index contributed by atoms with van der Waals surface area (Å²) < 4.78 is 0. The maximum absolute atomic E-state index is 13.3. The fourth-order valence-electron chi connectivity index (χ4n) is 3.40. The molecule has 0 saturated carbocycles. The molecule has 2 aromatic carbocycles. The molecule has 27 heavy (non-hydrogen) atoms. The average molecular weight is 386 g/mol. The van der Waals surface area contributed by atoms with E-state index in [1.807, 2.05) is 50.2 Å². The molecule has 6 heteroatoms. The first kappa shape index (κ1) is 19.4. The number of rotatable bonds is 5. The molecule has 0 saturated heterocycles. The number of halogens is 1. The first-order chi connectivity index (χ1) is 13.0. The second-order valence-corrected chi connectivity index (χ2v) is 7.00. The monoisotopic (exact) mass is 385 g/mol. The van der Waals surface area contributed by atoms with Gasteiger partial charge in [-0.2, -0.15) is 0 Å². The van der Waals surface area contributed by atoms with Crippen molar-refractivity contribution in [3.05, 3.63) is 59.1 Å². The van der Waals surface area contributed by atoms with Gasteiger partial charge >= 0.3 is 0 Å². The molecule has 1 N–H and O–H groups in total. The van der Waals surface area contributed by atoms with E-state index in [0.29, 0.717) is 17.3 Å². The minimum Gasteiger partial charge on any atom is -0.324 e. The normalized spacial score (nSPS) is 16.7. The van der Waals surface area contributed by atoms with Crippen LogP contribution in [0.25, 0.3) is 0 Å². The van der Waals surface area contributed by atoms with Gasteiger partial charge in [0.15, 0.2) is 0 Å². The molecule has 0 fully saturated rings. The fraction of sp³-hybridized carbons (Fsp3) is 0.333. The molecule has 5 nitrogen and oxygen atoms in total. The van der Waals surface area contributed by atoms with Crippen molar-refractivity contribution in [2.75, 3.05) is 29.9 Å². The first-order valence-corrected chi connectivity index (χ1v) is 9.60. The summed E-state index contributed by atoms with van der Waals surface area (Å²) >= 11 is 6.03. The Labute approximate surface area is 164 Å². The number of hydrogen-bond donors (Lipinski definition) is 1. The zero-order chi connectivity index (χ0) is 19.4. The molecule has 1 aliphatic rings. The van der Waals surface area contributed by atoms with Crippen LogP contribution in [0.5, 0.6) is 0 Å². The third-order valence-electron chi connectivity index (χ3n) is 4.90. The summed E-state index contributed by atoms with van der Waals surface area (Å²) in [5.74, 6) is -0.136. The van der Waals surface area contributed by atoms with Crippen molar-refractivity contribution in [1.29, 1.82) is 0 Å². The van der Waals surface area contributed by atoms with E-state index in [0.717, 1.165) is 24.3 Å². The van der Waals surface area contributed by atoms with Gasteiger partial charge in [-0.15, -0.1) is 0 Å². The summed E-state index contributed by atoms with van der Waals surface area (Å²) in [6.07, 6.45) is 0.195. The molecule has 1 aliphatic heterocycles. The highest BCUT2D eigenvalue weighted by atomic mass is 35.5. The van der Waals surface area contributed by atoms with Crippen LogP contribution >= 0.6 is 11.6 Å². The van der Waals surface area contributed by atoms with Crippen LogP contribution in [0.1, 0.15) is 31.9 Å². The van der Waals surface area contributed by atoms with E-state index in [1.165, 1.54) is 0 Å². The van der Waals surface area contributed by atoms with Gasteiger partial charge in [-0.1, -0.05) is 49.7 Å². The maximum Gasteiger partial charge on any atom is 0.241 e. The standard InChI is InChI=1S/C21H24ClN3O2/c1-3-24(4-2)14-21(27)25-18-8-6-5-7-17(18)23-20(26)13-19(25)15-9-11-16(22)12-10-15/h5-12,19H,3-4,13-14H2,1-2H3,(H,23,26). The van der Waals surface area contributed by atoms with Crippen LogP contribution in [0.2, 0.25) is 5.02 Å². The van der Waals surface area contributed by atoms with E-state index in [2.05, 4.69) is 10.2 Å². The number of carbonyl (C=O) groups excluding carboxylic acids is 2. The molecule has 0 radical (unpaired) electrons. The van der Waals surface area contributed by atoms with E-state index >= 15 is 0 Å². The molecule has 0 aliphatic carbocycles. The minimum absolute atomic E-state index is 0.0254. The lowest BCUT2D eigenvalue weighted by Gasteiger charge is -2.32. The number of likely N-dealkylation sites (N-methyl/N-ethyl adjacent to an activating group) is 1. The van der Waals surface area contributed by atoms with Gasteiger partial charge in [0.1, 0.15) is 0 Å². The van der Waals surface area contributed by atoms with Gasteiger partial charge in [0.25, 0.3) is 0 Å². The molecular formula is C21H24ClN3O2. The highest BCUT2D eigenvalue weighted by molar-refractivity contribution is 6.30. The number of fused-ring (bicyclic) bond motifs is 1. The topological polar surface area (TPSA) is 52.7 Å². The van der Waals surface area contributed by atoms with Crippen LogP contribution in [-0.2, 0) is 9.59 Å². The van der Waals surface area contributed by atoms with E-state index in [1.54, 1.807) is 17.0 Å². The van der Waals surface area contributed by atoms with Crippen molar-refractivity contribution in [2.45, 2.75) is 26.3 Å². The molecule has 0 spiro atoms. The lowest BCUT2D eigenvalue weighted by atomic mass is 10.0. The predicted octanol–water partition coefficient (Wildman–Crippen LogP) is 4.10. The minimum atomic E-state index is -0.381. The first-order valence-electron chi connectivity index (χ1n) is 9.22. The largest absolute Gasteiger partial charge is 0.324 e. The Morgan fingerprint density at radius 1 is 1.15 bits per heavy atom. The Morgan fingerprint density at radius 3 is 2.48 bits per heavy atom. The van der Waals surface area contributed by atoms with Crippen molar-refractivity contribution in [1.82, 2.24) is 4.90 Å². The van der Waals surface area contributed by atoms with Crippen LogP contribution in [0.15, 0.2) is 48.5 Å². The summed E-state index contributed by atoms with van der Waals surface area (Å²) in [5.41, 5.74) is 2.27. The maximum atomic E-state index is 13.3. The number of amides is 2. The molecule has 0 aromatic heterocycles. The van der Waals surface area contributed by atoms with Gasteiger partial charge in [-0.3, -0.25) is 14.5 Å². The smallest absolute Gasteiger partial charge is 0.241 e. The molecule has 1 unspecified atom stereocenters. The summed E-state index contributed by atoms with van der Waals surface area (Å²) in [5, 5.41) is 3.55. The Kier molecular flexibility index (Phi) is 6.14. The summed E-state index contributed by atoms with van der Waals surface area (Å²) in [6.45, 7) is 5.96. The van der Waals surface area contributed by atoms with Gasteiger partial charge in [-0.25, -0.2) is 0 Å². The summed E-state index contributed by atoms with van der Waals surface area (Å²) in [6, 6.07) is 14.4. The lowest BCUT2D eigenvalue weighted by Crippen LogP contribution is -2.42. The zero-order valence-corrected chi connectivity index (χ0v) is 16.4. The van der Waals surface area contributed by atoms with Crippen LogP contribution in [0.3, 0.4) is 0 Å². The van der Waals surface area contributed by atoms with Crippen LogP contribution in [0, 0.1) is 0 Å². The van der Waals surface area contributed by atoms with Crippen molar-refractivity contribution in [2.24, 2.45) is 0 Å². The third-order valence-corrected chi connectivity index (χ3v) is 5.16. The third kappa shape index (κ3) is 4.31. The molecule has 2 amide bonds. The van der Waals surface area contributed by atoms with Gasteiger partial charge in [0.05, 0.1) is 30.4 Å². The molecule has 1 heterocycles. The molecular weight excluding hydrogens is 362 g/mol. The number of carbonyl (C=O) groups is 2. The Bertz CT molecular complexity index is 818. The number of anilines is 2. The Hall–Kier alpha value is -2.37. The molecule has 2 aromatic rings. The molecule has 142 valence electrons. The van der Waals surface area contributed by atoms with E-state index in [-0.39, 0.29) is 24.3 Å². The van der Waals surface area contributed by atoms with Gasteiger partial charge in [0.2, 0.25) is 11.8 Å². The lowest BCUT2D eigenvalue weighted by molar-refractivity contribution is -0.120. The van der Waals surface area contributed by atoms with Gasteiger partial charge in [0, 0.05) is 5.02 Å². The second kappa shape index (κ2) is 8.55. The number of para-hydroxylation sites is 2.